The second-order valence-electron chi connectivity index (χ2n) is 9.32. The summed E-state index contributed by atoms with van der Waals surface area (Å²) >= 11 is 0. The summed E-state index contributed by atoms with van der Waals surface area (Å²) in [6.45, 7) is 1.26. The van der Waals surface area contributed by atoms with Crippen LogP contribution in [0, 0.1) is 0 Å². The Labute approximate surface area is 225 Å². The third-order valence-electron chi connectivity index (χ3n) is 6.88. The number of hydrogen-bond donors (Lipinski definition) is 0. The summed E-state index contributed by atoms with van der Waals surface area (Å²) in [4.78, 5) is 43.6. The van der Waals surface area contributed by atoms with Crippen molar-refractivity contribution in [3.05, 3.63) is 123 Å². The molecule has 8 heteroatoms. The standard InChI is InChI=1S/C32H19NO7/c1-17(34)37-29-21-10-4-7-13-26(21)39-32(36)27(29)30-22(18-14-15-33-24-11-5-2-8-19(18)24)16-23-28(40-30)20-9-3-6-12-25(20)38-31(23)35/h2-16,30H,1H3/t30-/m1/s1. The Bertz CT molecular complexity index is 2150. The number of ether oxygens (including phenoxy) is 2. The van der Waals surface area contributed by atoms with Crippen LogP contribution < -0.4 is 20.7 Å². The van der Waals surface area contributed by atoms with Crippen LogP contribution in [0.5, 0.6) is 11.5 Å². The van der Waals surface area contributed by atoms with Gasteiger partial charge < -0.3 is 18.3 Å². The van der Waals surface area contributed by atoms with Gasteiger partial charge in [0.05, 0.1) is 16.3 Å². The first-order chi connectivity index (χ1) is 19.5. The fourth-order valence-corrected chi connectivity index (χ4v) is 5.20. The number of pyridine rings is 1. The van der Waals surface area contributed by atoms with Crippen molar-refractivity contribution in [3.63, 3.8) is 0 Å². The molecule has 0 saturated heterocycles. The van der Waals surface area contributed by atoms with E-state index in [2.05, 4.69) is 4.98 Å². The summed E-state index contributed by atoms with van der Waals surface area (Å²) in [6, 6.07) is 23.1. The van der Waals surface area contributed by atoms with Crippen LogP contribution in [0.2, 0.25) is 0 Å². The molecular formula is C32H19NO7. The topological polar surface area (TPSA) is 109 Å². The maximum Gasteiger partial charge on any atom is 0.347 e. The van der Waals surface area contributed by atoms with Crippen molar-refractivity contribution < 1.29 is 23.1 Å². The molecule has 40 heavy (non-hydrogen) atoms. The summed E-state index contributed by atoms with van der Waals surface area (Å²) in [5.41, 5.74) is 1.32. The first kappa shape index (κ1) is 23.6. The molecule has 0 radical (unpaired) electrons. The van der Waals surface area contributed by atoms with E-state index >= 15 is 0 Å². The molecule has 4 heterocycles. The van der Waals surface area contributed by atoms with Crippen molar-refractivity contribution in [1.82, 2.24) is 4.98 Å². The molecule has 6 aromatic rings. The summed E-state index contributed by atoms with van der Waals surface area (Å²) in [5, 5.41) is 1.76. The van der Waals surface area contributed by atoms with Crippen LogP contribution >= 0.6 is 0 Å². The van der Waals surface area contributed by atoms with Gasteiger partial charge in [-0.05, 0) is 48.0 Å². The zero-order valence-corrected chi connectivity index (χ0v) is 21.0. The van der Waals surface area contributed by atoms with Crippen LogP contribution in [0.1, 0.15) is 29.7 Å². The van der Waals surface area contributed by atoms with E-state index in [0.29, 0.717) is 33.0 Å². The molecule has 0 amide bonds. The minimum absolute atomic E-state index is 0.0102. The lowest BCUT2D eigenvalue weighted by Gasteiger charge is -2.29. The van der Waals surface area contributed by atoms with Crippen molar-refractivity contribution >= 4 is 50.5 Å². The van der Waals surface area contributed by atoms with Gasteiger partial charge in [0.2, 0.25) is 0 Å². The Morgan fingerprint density at radius 1 is 0.800 bits per heavy atom. The predicted octanol–water partition coefficient (Wildman–Crippen LogP) is 6.05. The molecule has 0 aliphatic carbocycles. The Morgan fingerprint density at radius 3 is 2.23 bits per heavy atom. The van der Waals surface area contributed by atoms with E-state index in [-0.39, 0.29) is 28.2 Å². The van der Waals surface area contributed by atoms with E-state index in [4.69, 9.17) is 18.3 Å². The van der Waals surface area contributed by atoms with E-state index in [0.717, 1.165) is 5.39 Å². The van der Waals surface area contributed by atoms with Gasteiger partial charge in [-0.25, -0.2) is 9.59 Å². The number of hydrogen-bond acceptors (Lipinski definition) is 8. The van der Waals surface area contributed by atoms with Crippen molar-refractivity contribution in [3.8, 4) is 11.5 Å². The minimum Gasteiger partial charge on any atom is -0.479 e. The van der Waals surface area contributed by atoms with Crippen LogP contribution in [0.25, 0.3) is 44.5 Å². The summed E-state index contributed by atoms with van der Waals surface area (Å²) < 4.78 is 23.5. The second-order valence-corrected chi connectivity index (χ2v) is 9.32. The maximum atomic E-state index is 13.7. The molecular weight excluding hydrogens is 510 g/mol. The normalized spacial score (nSPS) is 14.5. The molecule has 0 saturated carbocycles. The molecule has 1 aliphatic heterocycles. The molecule has 7 rings (SSSR count). The van der Waals surface area contributed by atoms with Crippen LogP contribution in [-0.2, 0) is 4.79 Å². The molecule has 8 nitrogen and oxygen atoms in total. The van der Waals surface area contributed by atoms with E-state index in [9.17, 15) is 14.4 Å². The molecule has 3 aromatic heterocycles. The highest BCUT2D eigenvalue weighted by Crippen LogP contribution is 2.47. The number of benzene rings is 3. The van der Waals surface area contributed by atoms with Gasteiger partial charge in [-0.3, -0.25) is 9.78 Å². The molecule has 194 valence electrons. The van der Waals surface area contributed by atoms with Gasteiger partial charge in [0, 0.05) is 24.1 Å². The van der Waals surface area contributed by atoms with Gasteiger partial charge in [-0.2, -0.15) is 0 Å². The fraction of sp³-hybridized carbons (Fsp3) is 0.0625. The first-order valence-corrected chi connectivity index (χ1v) is 12.5. The number of aromatic nitrogens is 1. The van der Waals surface area contributed by atoms with Crippen LogP contribution in [0.4, 0.5) is 0 Å². The lowest BCUT2D eigenvalue weighted by molar-refractivity contribution is -0.131. The monoisotopic (exact) mass is 529 g/mol. The Balaban J connectivity index is 1.60. The Kier molecular flexibility index (Phi) is 5.35. The highest BCUT2D eigenvalue weighted by molar-refractivity contribution is 6.01. The maximum absolute atomic E-state index is 13.7. The number of carbonyl (C=O) groups is 1. The van der Waals surface area contributed by atoms with E-state index < -0.39 is 23.3 Å². The van der Waals surface area contributed by atoms with Crippen LogP contribution in [-0.4, -0.2) is 11.0 Å². The fourth-order valence-electron chi connectivity index (χ4n) is 5.20. The average molecular weight is 530 g/mol. The van der Waals surface area contributed by atoms with Gasteiger partial charge >= 0.3 is 17.2 Å². The lowest BCUT2D eigenvalue weighted by atomic mass is 9.89. The summed E-state index contributed by atoms with van der Waals surface area (Å²) in [5.74, 6) is -0.330. The molecule has 0 spiro atoms. The zero-order chi connectivity index (χ0) is 27.4. The third kappa shape index (κ3) is 3.69. The van der Waals surface area contributed by atoms with Gasteiger partial charge in [-0.1, -0.05) is 42.5 Å². The summed E-state index contributed by atoms with van der Waals surface area (Å²) in [7, 11) is 0. The van der Waals surface area contributed by atoms with E-state index in [1.807, 2.05) is 24.3 Å². The smallest absolute Gasteiger partial charge is 0.347 e. The van der Waals surface area contributed by atoms with Gasteiger partial charge in [0.15, 0.2) is 11.9 Å². The van der Waals surface area contributed by atoms with E-state index in [1.54, 1.807) is 66.9 Å². The minimum atomic E-state index is -1.11. The third-order valence-corrected chi connectivity index (χ3v) is 6.88. The zero-order valence-electron chi connectivity index (χ0n) is 21.0. The highest BCUT2D eigenvalue weighted by atomic mass is 16.5. The van der Waals surface area contributed by atoms with Crippen molar-refractivity contribution in [2.24, 2.45) is 0 Å². The van der Waals surface area contributed by atoms with Gasteiger partial charge in [0.1, 0.15) is 28.0 Å². The molecule has 0 fully saturated rings. The lowest BCUT2D eigenvalue weighted by Crippen LogP contribution is -2.25. The van der Waals surface area contributed by atoms with Crippen LogP contribution in [0.15, 0.2) is 103 Å². The molecule has 3 aromatic carbocycles. The van der Waals surface area contributed by atoms with Crippen molar-refractivity contribution in [2.75, 3.05) is 0 Å². The van der Waals surface area contributed by atoms with Crippen molar-refractivity contribution in [1.29, 1.82) is 0 Å². The van der Waals surface area contributed by atoms with Crippen molar-refractivity contribution in [2.45, 2.75) is 13.0 Å². The number of esters is 1. The van der Waals surface area contributed by atoms with E-state index in [1.165, 1.54) is 6.92 Å². The molecule has 0 bridgehead atoms. The number of nitrogens with zero attached hydrogens (tertiary/aromatic N) is 1. The van der Waals surface area contributed by atoms with Crippen LogP contribution in [0.3, 0.4) is 0 Å². The first-order valence-electron chi connectivity index (χ1n) is 12.5. The number of fused-ring (bicyclic) bond motifs is 5. The Morgan fingerprint density at radius 2 is 1.45 bits per heavy atom. The average Bonchev–Trinajstić information content (AvgIpc) is 2.96. The molecule has 1 atom stereocenters. The SMILES string of the molecule is CC(=O)Oc1c([C@@H]2Oc3c(c(=O)oc4ccccc34)C=C2c2ccnc3ccccc23)c(=O)oc2ccccc12. The number of rotatable bonds is 3. The number of para-hydroxylation sites is 3. The Hall–Kier alpha value is -5.50. The van der Waals surface area contributed by atoms with Gasteiger partial charge in [0.25, 0.3) is 0 Å². The molecule has 0 unspecified atom stereocenters. The number of carbonyl (C=O) groups excluding carboxylic acids is 1. The van der Waals surface area contributed by atoms with Gasteiger partial charge in [-0.15, -0.1) is 0 Å². The molecule has 1 aliphatic rings. The molecule has 0 N–H and O–H groups in total. The summed E-state index contributed by atoms with van der Waals surface area (Å²) in [6.07, 6.45) is 2.19. The highest BCUT2D eigenvalue weighted by Gasteiger charge is 2.36. The quantitative estimate of drug-likeness (QED) is 0.201. The predicted molar refractivity (Wildman–Crippen MR) is 149 cm³/mol. The second kappa shape index (κ2) is 9.06. The largest absolute Gasteiger partial charge is 0.479 e.